The number of aromatic nitrogens is 1. The number of carbonyl (C=O) groups is 1. The highest BCUT2D eigenvalue weighted by molar-refractivity contribution is 6.08. The summed E-state index contributed by atoms with van der Waals surface area (Å²) in [5.74, 6) is 1.11. The van der Waals surface area contributed by atoms with E-state index in [-0.39, 0.29) is 5.91 Å². The van der Waals surface area contributed by atoms with Gasteiger partial charge in [-0.2, -0.15) is 0 Å². The fraction of sp³-hybridized carbons (Fsp3) is 0.286. The summed E-state index contributed by atoms with van der Waals surface area (Å²) < 4.78 is 11.2. The van der Waals surface area contributed by atoms with Gasteiger partial charge in [-0.3, -0.25) is 4.79 Å². The number of hydrogen-bond donors (Lipinski definition) is 2. The Morgan fingerprint density at radius 3 is 2.46 bits per heavy atom. The molecule has 0 saturated heterocycles. The van der Waals surface area contributed by atoms with Crippen LogP contribution in [0.25, 0.3) is 10.9 Å². The van der Waals surface area contributed by atoms with E-state index < -0.39 is 0 Å². The van der Waals surface area contributed by atoms with Gasteiger partial charge in [0.2, 0.25) is 0 Å². The Kier molecular flexibility index (Phi) is 5.16. The number of rotatable bonds is 6. The highest BCUT2D eigenvalue weighted by Gasteiger charge is 2.16. The van der Waals surface area contributed by atoms with E-state index in [0.717, 1.165) is 16.5 Å². The maximum atomic E-state index is 12.8. The van der Waals surface area contributed by atoms with Crippen molar-refractivity contribution < 1.29 is 14.3 Å². The van der Waals surface area contributed by atoms with Crippen LogP contribution >= 0.6 is 0 Å². The third-order valence-electron chi connectivity index (χ3n) is 4.24. The van der Waals surface area contributed by atoms with Crippen LogP contribution in [0.5, 0.6) is 11.5 Å². The fourth-order valence-corrected chi connectivity index (χ4v) is 2.99. The van der Waals surface area contributed by atoms with Crippen LogP contribution in [-0.4, -0.2) is 24.1 Å². The van der Waals surface area contributed by atoms with Crippen molar-refractivity contribution in [2.45, 2.75) is 27.7 Å². The third kappa shape index (κ3) is 3.52. The zero-order valence-corrected chi connectivity index (χ0v) is 15.6. The van der Waals surface area contributed by atoms with Crippen molar-refractivity contribution in [2.24, 2.45) is 0 Å². The molecule has 0 unspecified atom stereocenters. The average molecular weight is 352 g/mol. The number of amides is 1. The Bertz CT molecular complexity index is 944. The Balaban J connectivity index is 1.88. The number of H-pyrrole nitrogens is 1. The molecule has 5 nitrogen and oxygen atoms in total. The lowest BCUT2D eigenvalue weighted by molar-refractivity contribution is 0.102. The van der Waals surface area contributed by atoms with Gasteiger partial charge < -0.3 is 19.8 Å². The van der Waals surface area contributed by atoms with E-state index >= 15 is 0 Å². The van der Waals surface area contributed by atoms with Crippen molar-refractivity contribution in [1.29, 1.82) is 0 Å². The topological polar surface area (TPSA) is 63.3 Å². The van der Waals surface area contributed by atoms with Gasteiger partial charge in [0.25, 0.3) is 5.91 Å². The number of fused-ring (bicyclic) bond motifs is 1. The summed E-state index contributed by atoms with van der Waals surface area (Å²) in [7, 11) is 0. The molecule has 0 fully saturated rings. The summed E-state index contributed by atoms with van der Waals surface area (Å²) in [6.07, 6.45) is 0. The highest BCUT2D eigenvalue weighted by atomic mass is 16.5. The molecule has 26 heavy (non-hydrogen) atoms. The molecule has 2 N–H and O–H groups in total. The molecule has 136 valence electrons. The number of carbonyl (C=O) groups excluding carboxylic acids is 1. The molecular weight excluding hydrogens is 328 g/mol. The predicted octanol–water partition coefficient (Wildman–Crippen LogP) is 4.83. The SMILES string of the molecule is CCOc1ccc(NC(=O)c2[nH]c3ccc(C)cc3c2C)cc1OCC. The van der Waals surface area contributed by atoms with E-state index in [4.69, 9.17) is 9.47 Å². The molecule has 3 aromatic rings. The van der Waals surface area contributed by atoms with Crippen LogP contribution in [0.4, 0.5) is 5.69 Å². The zero-order valence-electron chi connectivity index (χ0n) is 15.6. The van der Waals surface area contributed by atoms with E-state index in [1.807, 2.05) is 52.0 Å². The molecule has 1 amide bonds. The smallest absolute Gasteiger partial charge is 0.272 e. The Morgan fingerprint density at radius 2 is 1.73 bits per heavy atom. The van der Waals surface area contributed by atoms with Crippen LogP contribution in [0.2, 0.25) is 0 Å². The van der Waals surface area contributed by atoms with E-state index in [9.17, 15) is 4.79 Å². The number of aryl methyl sites for hydroxylation is 2. The van der Waals surface area contributed by atoms with Crippen molar-refractivity contribution in [3.63, 3.8) is 0 Å². The Labute approximate surface area is 153 Å². The minimum absolute atomic E-state index is 0.178. The van der Waals surface area contributed by atoms with Crippen molar-refractivity contribution in [3.8, 4) is 11.5 Å². The molecule has 1 aromatic heterocycles. The molecule has 0 atom stereocenters. The summed E-state index contributed by atoms with van der Waals surface area (Å²) in [5.41, 5.74) is 4.30. The van der Waals surface area contributed by atoms with Gasteiger partial charge in [-0.25, -0.2) is 0 Å². The molecule has 0 bridgehead atoms. The van der Waals surface area contributed by atoms with Crippen LogP contribution in [0, 0.1) is 13.8 Å². The number of aromatic amines is 1. The van der Waals surface area contributed by atoms with Gasteiger partial charge in [0.1, 0.15) is 5.69 Å². The van der Waals surface area contributed by atoms with E-state index in [1.54, 1.807) is 6.07 Å². The van der Waals surface area contributed by atoms with Crippen molar-refractivity contribution in [1.82, 2.24) is 4.98 Å². The molecule has 0 aliphatic rings. The zero-order chi connectivity index (χ0) is 18.7. The Hall–Kier alpha value is -2.95. The van der Waals surface area contributed by atoms with E-state index in [0.29, 0.717) is 36.1 Å². The fourth-order valence-electron chi connectivity index (χ4n) is 2.99. The maximum Gasteiger partial charge on any atom is 0.272 e. The van der Waals surface area contributed by atoms with E-state index in [1.165, 1.54) is 5.56 Å². The summed E-state index contributed by atoms with van der Waals surface area (Å²) >= 11 is 0. The minimum atomic E-state index is -0.178. The number of benzene rings is 2. The van der Waals surface area contributed by atoms with Gasteiger partial charge in [0.15, 0.2) is 11.5 Å². The minimum Gasteiger partial charge on any atom is -0.490 e. The standard InChI is InChI=1S/C21H24N2O3/c1-5-25-18-10-8-15(12-19(18)26-6-2)22-21(24)20-14(4)16-11-13(3)7-9-17(16)23-20/h7-12,23H,5-6H2,1-4H3,(H,22,24). The van der Waals surface area contributed by atoms with Crippen molar-refractivity contribution >= 4 is 22.5 Å². The molecule has 0 saturated carbocycles. The van der Waals surface area contributed by atoms with Crippen LogP contribution in [0.3, 0.4) is 0 Å². The van der Waals surface area contributed by atoms with Gasteiger partial charge in [-0.1, -0.05) is 11.6 Å². The largest absolute Gasteiger partial charge is 0.490 e. The first kappa shape index (κ1) is 17.9. The normalized spacial score (nSPS) is 10.8. The summed E-state index contributed by atoms with van der Waals surface area (Å²) in [6.45, 7) is 8.91. The van der Waals surface area contributed by atoms with Crippen LogP contribution in [-0.2, 0) is 0 Å². The number of ether oxygens (including phenoxy) is 2. The third-order valence-corrected chi connectivity index (χ3v) is 4.24. The quantitative estimate of drug-likeness (QED) is 0.667. The van der Waals surface area contributed by atoms with Gasteiger partial charge in [-0.05, 0) is 57.5 Å². The second kappa shape index (κ2) is 7.52. The maximum absolute atomic E-state index is 12.8. The average Bonchev–Trinajstić information content (AvgIpc) is 2.94. The van der Waals surface area contributed by atoms with E-state index in [2.05, 4.69) is 16.4 Å². The molecular formula is C21H24N2O3. The molecule has 1 heterocycles. The summed E-state index contributed by atoms with van der Waals surface area (Å²) in [4.78, 5) is 16.0. The second-order valence-corrected chi connectivity index (χ2v) is 6.16. The molecule has 0 aliphatic heterocycles. The van der Waals surface area contributed by atoms with Crippen LogP contribution in [0.1, 0.15) is 35.5 Å². The van der Waals surface area contributed by atoms with Crippen LogP contribution in [0.15, 0.2) is 36.4 Å². The monoisotopic (exact) mass is 352 g/mol. The Morgan fingerprint density at radius 1 is 1.00 bits per heavy atom. The van der Waals surface area contributed by atoms with Crippen molar-refractivity contribution in [2.75, 3.05) is 18.5 Å². The van der Waals surface area contributed by atoms with Gasteiger partial charge in [0.05, 0.1) is 13.2 Å². The summed E-state index contributed by atoms with van der Waals surface area (Å²) in [5, 5.41) is 4.00. The lowest BCUT2D eigenvalue weighted by Gasteiger charge is -2.13. The summed E-state index contributed by atoms with van der Waals surface area (Å²) in [6, 6.07) is 11.5. The number of nitrogens with one attached hydrogen (secondary N) is 2. The second-order valence-electron chi connectivity index (χ2n) is 6.16. The lowest BCUT2D eigenvalue weighted by Crippen LogP contribution is -2.13. The van der Waals surface area contributed by atoms with Crippen LogP contribution < -0.4 is 14.8 Å². The first-order valence-corrected chi connectivity index (χ1v) is 8.83. The lowest BCUT2D eigenvalue weighted by atomic mass is 10.1. The molecule has 0 spiro atoms. The van der Waals surface area contributed by atoms with Gasteiger partial charge in [0, 0.05) is 22.7 Å². The van der Waals surface area contributed by atoms with Gasteiger partial charge in [-0.15, -0.1) is 0 Å². The van der Waals surface area contributed by atoms with Crippen molar-refractivity contribution in [3.05, 3.63) is 53.2 Å². The molecule has 0 radical (unpaired) electrons. The number of anilines is 1. The highest BCUT2D eigenvalue weighted by Crippen LogP contribution is 2.31. The molecule has 3 rings (SSSR count). The first-order chi connectivity index (χ1) is 12.5. The predicted molar refractivity (Wildman–Crippen MR) is 105 cm³/mol. The molecule has 2 aromatic carbocycles. The number of hydrogen-bond acceptors (Lipinski definition) is 3. The molecule has 5 heteroatoms. The first-order valence-electron chi connectivity index (χ1n) is 8.83. The molecule has 0 aliphatic carbocycles. The van der Waals surface area contributed by atoms with Gasteiger partial charge >= 0.3 is 0 Å².